The predicted octanol–water partition coefficient (Wildman–Crippen LogP) is 2.74. The molecule has 0 saturated heterocycles. The number of carbonyl (C=O) groups excluding carboxylic acids is 1. The molecule has 82 valence electrons. The van der Waals surface area contributed by atoms with E-state index in [1.54, 1.807) is 13.8 Å². The Labute approximate surface area is 95.5 Å². The number of rotatable bonds is 2. The van der Waals surface area contributed by atoms with E-state index < -0.39 is 11.8 Å². The molecule has 1 rings (SSSR count). The molecule has 0 radical (unpaired) electrons. The second-order valence-electron chi connectivity index (χ2n) is 3.31. The molecular weight excluding hydrogens is 265 g/mol. The van der Waals surface area contributed by atoms with Crippen molar-refractivity contribution < 1.29 is 13.9 Å². The normalized spacial score (nSPS) is 10.5. The van der Waals surface area contributed by atoms with Gasteiger partial charge >= 0.3 is 5.97 Å². The van der Waals surface area contributed by atoms with E-state index in [2.05, 4.69) is 15.9 Å². The van der Waals surface area contributed by atoms with Crippen molar-refractivity contribution in [2.45, 2.75) is 20.0 Å². The lowest BCUT2D eigenvalue weighted by molar-refractivity contribution is 0.0377. The SMILES string of the molecule is CC(C)OC(=O)c1cc(N)c(F)cc1Br. The fourth-order valence-corrected chi connectivity index (χ4v) is 1.48. The number of ether oxygens (including phenoxy) is 1. The molecule has 0 saturated carbocycles. The Hall–Kier alpha value is -1.10. The molecule has 0 aromatic heterocycles. The Morgan fingerprint density at radius 2 is 2.13 bits per heavy atom. The number of esters is 1. The molecule has 5 heteroatoms. The van der Waals surface area contributed by atoms with Crippen molar-refractivity contribution in [2.24, 2.45) is 0 Å². The summed E-state index contributed by atoms with van der Waals surface area (Å²) in [6, 6.07) is 2.40. The first-order valence-corrected chi connectivity index (χ1v) is 5.16. The first kappa shape index (κ1) is 12.0. The maximum absolute atomic E-state index is 13.0. The highest BCUT2D eigenvalue weighted by Crippen LogP contribution is 2.23. The van der Waals surface area contributed by atoms with E-state index in [1.165, 1.54) is 6.07 Å². The summed E-state index contributed by atoms with van der Waals surface area (Å²) in [5, 5.41) is 0. The Kier molecular flexibility index (Phi) is 3.68. The highest BCUT2D eigenvalue weighted by Gasteiger charge is 2.15. The molecule has 2 N–H and O–H groups in total. The van der Waals surface area contributed by atoms with Gasteiger partial charge in [0.05, 0.1) is 17.4 Å². The molecule has 15 heavy (non-hydrogen) atoms. The quantitative estimate of drug-likeness (QED) is 0.667. The number of nitrogens with two attached hydrogens (primary N) is 1. The third-order valence-electron chi connectivity index (χ3n) is 1.65. The van der Waals surface area contributed by atoms with Crippen LogP contribution in [0.3, 0.4) is 0 Å². The van der Waals surface area contributed by atoms with E-state index in [9.17, 15) is 9.18 Å². The van der Waals surface area contributed by atoms with Gasteiger partial charge in [-0.3, -0.25) is 0 Å². The van der Waals surface area contributed by atoms with Gasteiger partial charge < -0.3 is 10.5 Å². The smallest absolute Gasteiger partial charge is 0.339 e. The zero-order valence-electron chi connectivity index (χ0n) is 8.38. The van der Waals surface area contributed by atoms with Gasteiger partial charge in [-0.2, -0.15) is 0 Å². The van der Waals surface area contributed by atoms with Crippen molar-refractivity contribution in [3.63, 3.8) is 0 Å². The number of nitrogen functional groups attached to an aromatic ring is 1. The number of carbonyl (C=O) groups is 1. The van der Waals surface area contributed by atoms with Crippen molar-refractivity contribution in [3.05, 3.63) is 28.0 Å². The van der Waals surface area contributed by atoms with Crippen LogP contribution in [-0.2, 0) is 4.74 Å². The summed E-state index contributed by atoms with van der Waals surface area (Å²) >= 11 is 3.08. The standard InChI is InChI=1S/C10H11BrFNO2/c1-5(2)15-10(14)6-3-9(13)8(12)4-7(6)11/h3-5H,13H2,1-2H3. The van der Waals surface area contributed by atoms with Crippen molar-refractivity contribution in [2.75, 3.05) is 5.73 Å². The molecule has 1 aromatic carbocycles. The Morgan fingerprint density at radius 1 is 1.53 bits per heavy atom. The van der Waals surface area contributed by atoms with Gasteiger partial charge in [-0.05, 0) is 41.9 Å². The van der Waals surface area contributed by atoms with E-state index in [-0.39, 0.29) is 17.4 Å². The van der Waals surface area contributed by atoms with Crippen LogP contribution in [0.4, 0.5) is 10.1 Å². The first-order chi connectivity index (χ1) is 6.91. The zero-order chi connectivity index (χ0) is 11.6. The molecule has 0 spiro atoms. The summed E-state index contributed by atoms with van der Waals surface area (Å²) < 4.78 is 18.3. The number of hydrogen-bond acceptors (Lipinski definition) is 3. The molecule has 0 aliphatic carbocycles. The van der Waals surface area contributed by atoms with E-state index >= 15 is 0 Å². The molecule has 0 heterocycles. The largest absolute Gasteiger partial charge is 0.459 e. The summed E-state index contributed by atoms with van der Waals surface area (Å²) in [5.74, 6) is -1.09. The lowest BCUT2D eigenvalue weighted by Gasteiger charge is -2.09. The molecule has 0 aliphatic heterocycles. The number of anilines is 1. The van der Waals surface area contributed by atoms with Crippen molar-refractivity contribution in [1.29, 1.82) is 0 Å². The lowest BCUT2D eigenvalue weighted by Crippen LogP contribution is -2.12. The maximum atomic E-state index is 13.0. The average Bonchev–Trinajstić information content (AvgIpc) is 2.09. The number of hydrogen-bond donors (Lipinski definition) is 1. The highest BCUT2D eigenvalue weighted by atomic mass is 79.9. The van der Waals surface area contributed by atoms with Crippen LogP contribution in [0.25, 0.3) is 0 Å². The number of benzene rings is 1. The Balaban J connectivity index is 3.04. The van der Waals surface area contributed by atoms with Crippen LogP contribution in [0.1, 0.15) is 24.2 Å². The average molecular weight is 276 g/mol. The van der Waals surface area contributed by atoms with Gasteiger partial charge in [0.15, 0.2) is 0 Å². The van der Waals surface area contributed by atoms with Crippen molar-refractivity contribution >= 4 is 27.6 Å². The third-order valence-corrected chi connectivity index (χ3v) is 2.31. The van der Waals surface area contributed by atoms with Crippen LogP contribution < -0.4 is 5.73 Å². The van der Waals surface area contributed by atoms with Crippen LogP contribution in [0.15, 0.2) is 16.6 Å². The summed E-state index contributed by atoms with van der Waals surface area (Å²) in [7, 11) is 0. The molecule has 0 unspecified atom stereocenters. The van der Waals surface area contributed by atoms with Gasteiger partial charge in [-0.15, -0.1) is 0 Å². The minimum Gasteiger partial charge on any atom is -0.459 e. The van der Waals surface area contributed by atoms with E-state index in [1.807, 2.05) is 0 Å². The number of halogens is 2. The Bertz CT molecular complexity index is 393. The molecule has 3 nitrogen and oxygen atoms in total. The zero-order valence-corrected chi connectivity index (χ0v) is 9.97. The summed E-state index contributed by atoms with van der Waals surface area (Å²) in [4.78, 5) is 11.5. The topological polar surface area (TPSA) is 52.3 Å². The van der Waals surface area contributed by atoms with Crippen molar-refractivity contribution in [3.8, 4) is 0 Å². The lowest BCUT2D eigenvalue weighted by atomic mass is 10.2. The fraction of sp³-hybridized carbons (Fsp3) is 0.300. The van der Waals surface area contributed by atoms with Crippen LogP contribution in [-0.4, -0.2) is 12.1 Å². The summed E-state index contributed by atoms with van der Waals surface area (Å²) in [6.45, 7) is 3.47. The molecular formula is C10H11BrFNO2. The van der Waals surface area contributed by atoms with E-state index in [4.69, 9.17) is 10.5 Å². The monoisotopic (exact) mass is 275 g/mol. The van der Waals surface area contributed by atoms with Crippen LogP contribution in [0, 0.1) is 5.82 Å². The van der Waals surface area contributed by atoms with E-state index in [0.717, 1.165) is 6.07 Å². The van der Waals surface area contributed by atoms with Gasteiger partial charge in [-0.1, -0.05) is 0 Å². The molecule has 0 aliphatic rings. The first-order valence-electron chi connectivity index (χ1n) is 4.37. The highest BCUT2D eigenvalue weighted by molar-refractivity contribution is 9.10. The van der Waals surface area contributed by atoms with Gasteiger partial charge in [0, 0.05) is 4.47 Å². The van der Waals surface area contributed by atoms with Gasteiger partial charge in [-0.25, -0.2) is 9.18 Å². The maximum Gasteiger partial charge on any atom is 0.339 e. The van der Waals surface area contributed by atoms with Crippen LogP contribution in [0.2, 0.25) is 0 Å². The minimum atomic E-state index is -0.567. The summed E-state index contributed by atoms with van der Waals surface area (Å²) in [5.41, 5.74) is 5.50. The Morgan fingerprint density at radius 3 is 2.67 bits per heavy atom. The van der Waals surface area contributed by atoms with Gasteiger partial charge in [0.1, 0.15) is 5.82 Å². The van der Waals surface area contributed by atoms with Crippen LogP contribution >= 0.6 is 15.9 Å². The second-order valence-corrected chi connectivity index (χ2v) is 4.16. The minimum absolute atomic E-state index is 0.0751. The third kappa shape index (κ3) is 2.92. The van der Waals surface area contributed by atoms with E-state index in [0.29, 0.717) is 4.47 Å². The molecule has 0 fully saturated rings. The summed E-state index contributed by atoms with van der Waals surface area (Å²) in [6.07, 6.45) is -0.226. The second kappa shape index (κ2) is 4.61. The molecule has 0 amide bonds. The van der Waals surface area contributed by atoms with Gasteiger partial charge in [0.2, 0.25) is 0 Å². The molecule has 0 bridgehead atoms. The molecule has 1 aromatic rings. The fourth-order valence-electron chi connectivity index (χ4n) is 1.000. The predicted molar refractivity (Wildman–Crippen MR) is 59.1 cm³/mol. The molecule has 0 atom stereocenters. The van der Waals surface area contributed by atoms with Crippen LogP contribution in [0.5, 0.6) is 0 Å². The van der Waals surface area contributed by atoms with Crippen molar-refractivity contribution in [1.82, 2.24) is 0 Å². The van der Waals surface area contributed by atoms with Gasteiger partial charge in [0.25, 0.3) is 0 Å².